The number of morpholine rings is 1. The van der Waals surface area contributed by atoms with Gasteiger partial charge in [-0.1, -0.05) is 0 Å². The van der Waals surface area contributed by atoms with Gasteiger partial charge in [-0.05, 0) is 32.0 Å². The zero-order valence-corrected chi connectivity index (χ0v) is 14.2. The number of rotatable bonds is 2. The van der Waals surface area contributed by atoms with Crippen molar-refractivity contribution in [3.8, 4) is 0 Å². The number of thioether (sulfide) groups is 1. The van der Waals surface area contributed by atoms with Crippen LogP contribution >= 0.6 is 11.8 Å². The molecule has 5 nitrogen and oxygen atoms in total. The summed E-state index contributed by atoms with van der Waals surface area (Å²) in [6, 6.07) is 4.70. The van der Waals surface area contributed by atoms with Crippen LogP contribution in [0.25, 0.3) is 0 Å². The highest BCUT2D eigenvalue weighted by molar-refractivity contribution is 7.99. The molecule has 2 aliphatic heterocycles. The Balaban J connectivity index is 1.69. The minimum Gasteiger partial charge on any atom is -0.372 e. The first-order chi connectivity index (χ1) is 11.0. The molecule has 1 aromatic carbocycles. The van der Waals surface area contributed by atoms with E-state index < -0.39 is 0 Å². The topological polar surface area (TPSA) is 44.8 Å². The molecular weight excluding hydrogens is 317 g/mol. The fourth-order valence-electron chi connectivity index (χ4n) is 2.99. The van der Waals surface area contributed by atoms with Crippen LogP contribution in [0.2, 0.25) is 0 Å². The van der Waals surface area contributed by atoms with Gasteiger partial charge in [-0.25, -0.2) is 9.18 Å². The number of halogens is 1. The summed E-state index contributed by atoms with van der Waals surface area (Å²) in [5.41, 5.74) is 1.05. The highest BCUT2D eigenvalue weighted by Crippen LogP contribution is 2.26. The van der Waals surface area contributed by atoms with Crippen molar-refractivity contribution in [3.05, 3.63) is 24.0 Å². The molecule has 2 saturated heterocycles. The lowest BCUT2D eigenvalue weighted by atomic mass is 10.2. The smallest absolute Gasteiger partial charge is 0.322 e. The van der Waals surface area contributed by atoms with Gasteiger partial charge >= 0.3 is 6.03 Å². The Morgan fingerprint density at radius 1 is 1.35 bits per heavy atom. The first kappa shape index (κ1) is 16.4. The lowest BCUT2D eigenvalue weighted by Gasteiger charge is -2.37. The van der Waals surface area contributed by atoms with Crippen LogP contribution in [0.4, 0.5) is 20.6 Å². The Morgan fingerprint density at radius 2 is 2.09 bits per heavy atom. The monoisotopic (exact) mass is 339 g/mol. The zero-order chi connectivity index (χ0) is 16.4. The summed E-state index contributed by atoms with van der Waals surface area (Å²) >= 11 is 1.72. The van der Waals surface area contributed by atoms with E-state index in [0.29, 0.717) is 30.3 Å². The average molecular weight is 339 g/mol. The predicted octanol–water partition coefficient (Wildman–Crippen LogP) is 2.98. The van der Waals surface area contributed by atoms with Crippen molar-refractivity contribution < 1.29 is 13.9 Å². The number of carbonyl (C=O) groups is 1. The molecule has 0 spiro atoms. The van der Waals surface area contributed by atoms with E-state index in [2.05, 4.69) is 5.32 Å². The van der Waals surface area contributed by atoms with Gasteiger partial charge in [0.15, 0.2) is 0 Å². The summed E-state index contributed by atoms with van der Waals surface area (Å²) in [5.74, 6) is 1.32. The van der Waals surface area contributed by atoms with Gasteiger partial charge < -0.3 is 19.9 Å². The summed E-state index contributed by atoms with van der Waals surface area (Å²) in [7, 11) is 0. The van der Waals surface area contributed by atoms with Crippen molar-refractivity contribution in [3.63, 3.8) is 0 Å². The fraction of sp³-hybridized carbons (Fsp3) is 0.562. The maximum absolute atomic E-state index is 14.5. The van der Waals surface area contributed by atoms with Gasteiger partial charge in [0, 0.05) is 31.1 Å². The fourth-order valence-corrected chi connectivity index (χ4v) is 3.94. The highest BCUT2D eigenvalue weighted by atomic mass is 32.2. The van der Waals surface area contributed by atoms with Crippen LogP contribution < -0.4 is 10.2 Å². The van der Waals surface area contributed by atoms with Crippen molar-refractivity contribution in [1.29, 1.82) is 0 Å². The van der Waals surface area contributed by atoms with E-state index in [1.54, 1.807) is 28.8 Å². The number of carbonyl (C=O) groups excluding carboxylic acids is 1. The Bertz CT molecular complexity index is 570. The summed E-state index contributed by atoms with van der Waals surface area (Å²) in [6.07, 6.45) is 0.149. The maximum atomic E-state index is 14.5. The summed E-state index contributed by atoms with van der Waals surface area (Å²) in [5, 5.41) is 2.76. The van der Waals surface area contributed by atoms with Crippen molar-refractivity contribution in [2.24, 2.45) is 0 Å². The highest BCUT2D eigenvalue weighted by Gasteiger charge is 2.24. The molecule has 7 heteroatoms. The molecule has 0 aliphatic carbocycles. The first-order valence-corrected chi connectivity index (χ1v) is 9.02. The number of benzene rings is 1. The quantitative estimate of drug-likeness (QED) is 0.900. The SMILES string of the molecule is CC1CN(c2ccc(NC(=O)N3CCSC3)cc2F)CC(C)O1. The Labute approximate surface area is 140 Å². The Kier molecular flexibility index (Phi) is 4.96. The Hall–Kier alpha value is -1.47. The van der Waals surface area contributed by atoms with E-state index in [4.69, 9.17) is 4.74 Å². The molecule has 2 fully saturated rings. The lowest BCUT2D eigenvalue weighted by molar-refractivity contribution is -0.00539. The third-order valence-corrected chi connectivity index (χ3v) is 4.96. The van der Waals surface area contributed by atoms with E-state index in [9.17, 15) is 9.18 Å². The molecule has 2 heterocycles. The average Bonchev–Trinajstić information content (AvgIpc) is 3.00. The second-order valence-electron chi connectivity index (χ2n) is 6.06. The van der Waals surface area contributed by atoms with Crippen LogP contribution in [0.5, 0.6) is 0 Å². The Morgan fingerprint density at radius 3 is 2.70 bits per heavy atom. The number of anilines is 2. The molecule has 1 aromatic rings. The van der Waals surface area contributed by atoms with Gasteiger partial charge in [0.25, 0.3) is 0 Å². The van der Waals surface area contributed by atoms with E-state index in [1.807, 2.05) is 18.7 Å². The van der Waals surface area contributed by atoms with Crippen LogP contribution in [0.15, 0.2) is 18.2 Å². The van der Waals surface area contributed by atoms with Crippen LogP contribution in [0.3, 0.4) is 0 Å². The first-order valence-electron chi connectivity index (χ1n) is 7.86. The number of amides is 2. The van der Waals surface area contributed by atoms with Gasteiger partial charge in [0.2, 0.25) is 0 Å². The summed E-state index contributed by atoms with van der Waals surface area (Å²) < 4.78 is 20.1. The molecule has 2 amide bonds. The molecule has 23 heavy (non-hydrogen) atoms. The third kappa shape index (κ3) is 3.90. The maximum Gasteiger partial charge on any atom is 0.322 e. The standard InChI is InChI=1S/C16H22FN3O2S/c1-11-8-20(9-12(2)22-11)15-4-3-13(7-14(15)17)18-16(21)19-5-6-23-10-19/h3-4,7,11-12H,5-6,8-10H2,1-2H3,(H,18,21). The third-order valence-electron chi connectivity index (χ3n) is 4.00. The number of urea groups is 1. The van der Waals surface area contributed by atoms with E-state index >= 15 is 0 Å². The number of ether oxygens (including phenoxy) is 1. The largest absolute Gasteiger partial charge is 0.372 e. The van der Waals surface area contributed by atoms with Crippen LogP contribution in [0.1, 0.15) is 13.8 Å². The van der Waals surface area contributed by atoms with Gasteiger partial charge in [-0.15, -0.1) is 11.8 Å². The number of nitrogens with zero attached hydrogens (tertiary/aromatic N) is 2. The van der Waals surface area contributed by atoms with Crippen molar-refractivity contribution in [2.45, 2.75) is 26.1 Å². The van der Waals surface area contributed by atoms with E-state index in [-0.39, 0.29) is 24.1 Å². The number of hydrogen-bond acceptors (Lipinski definition) is 4. The molecule has 2 aliphatic rings. The second kappa shape index (κ2) is 6.97. The number of hydrogen-bond donors (Lipinski definition) is 1. The van der Waals surface area contributed by atoms with Crippen LogP contribution in [-0.2, 0) is 4.74 Å². The molecular formula is C16H22FN3O2S. The van der Waals surface area contributed by atoms with E-state index in [0.717, 1.165) is 12.3 Å². The van der Waals surface area contributed by atoms with Crippen LogP contribution in [-0.4, -0.2) is 54.4 Å². The second-order valence-corrected chi connectivity index (χ2v) is 7.13. The molecule has 0 aromatic heterocycles. The number of nitrogens with one attached hydrogen (secondary N) is 1. The predicted molar refractivity (Wildman–Crippen MR) is 91.7 cm³/mol. The zero-order valence-electron chi connectivity index (χ0n) is 13.4. The lowest BCUT2D eigenvalue weighted by Crippen LogP contribution is -2.45. The van der Waals surface area contributed by atoms with Crippen molar-refractivity contribution in [2.75, 3.05) is 41.5 Å². The van der Waals surface area contributed by atoms with Crippen molar-refractivity contribution >= 4 is 29.2 Å². The molecule has 0 radical (unpaired) electrons. The molecule has 1 N–H and O–H groups in total. The van der Waals surface area contributed by atoms with E-state index in [1.165, 1.54) is 6.07 Å². The summed E-state index contributed by atoms with van der Waals surface area (Å²) in [6.45, 7) is 6.04. The van der Waals surface area contributed by atoms with Crippen LogP contribution in [0, 0.1) is 5.82 Å². The molecule has 0 saturated carbocycles. The molecule has 2 unspecified atom stereocenters. The molecule has 2 atom stereocenters. The van der Waals surface area contributed by atoms with Gasteiger partial charge in [0.05, 0.1) is 23.8 Å². The minimum absolute atomic E-state index is 0.0743. The minimum atomic E-state index is -0.320. The van der Waals surface area contributed by atoms with Gasteiger partial charge in [0.1, 0.15) is 5.82 Å². The normalized spacial score (nSPS) is 24.8. The summed E-state index contributed by atoms with van der Waals surface area (Å²) in [4.78, 5) is 15.8. The van der Waals surface area contributed by atoms with Crippen molar-refractivity contribution in [1.82, 2.24) is 4.90 Å². The molecule has 3 rings (SSSR count). The van der Waals surface area contributed by atoms with Gasteiger partial charge in [-0.3, -0.25) is 0 Å². The molecule has 126 valence electrons. The molecule has 0 bridgehead atoms. The van der Waals surface area contributed by atoms with Gasteiger partial charge in [-0.2, -0.15) is 0 Å².